The van der Waals surface area contributed by atoms with Gasteiger partial charge in [-0.3, -0.25) is 0 Å². The minimum atomic E-state index is 0.255. The maximum absolute atomic E-state index is 10.1. The van der Waals surface area contributed by atoms with Crippen molar-refractivity contribution < 1.29 is 5.11 Å². The Balaban J connectivity index is 1.91. The number of piperidine rings is 1. The van der Waals surface area contributed by atoms with E-state index in [4.69, 9.17) is 0 Å². The number of aromatic nitrogens is 2. The highest BCUT2D eigenvalue weighted by Crippen LogP contribution is 2.31. The quantitative estimate of drug-likeness (QED) is 0.702. The van der Waals surface area contributed by atoms with E-state index in [-0.39, 0.29) is 5.75 Å². The van der Waals surface area contributed by atoms with Crippen molar-refractivity contribution in [2.45, 2.75) is 26.2 Å². The summed E-state index contributed by atoms with van der Waals surface area (Å²) in [5, 5.41) is 14.7. The zero-order valence-corrected chi connectivity index (χ0v) is 17.0. The lowest BCUT2D eigenvalue weighted by atomic mass is 9.91. The van der Waals surface area contributed by atoms with Crippen LogP contribution in [0.25, 0.3) is 11.3 Å². The summed E-state index contributed by atoms with van der Waals surface area (Å²) < 4.78 is 2.99. The van der Waals surface area contributed by atoms with E-state index in [1.165, 1.54) is 12.8 Å². The largest absolute Gasteiger partial charge is 0.507 e. The number of rotatable bonds is 5. The average molecular weight is 416 g/mol. The van der Waals surface area contributed by atoms with Gasteiger partial charge < -0.3 is 10.0 Å². The van der Waals surface area contributed by atoms with Gasteiger partial charge in [0.1, 0.15) is 5.75 Å². The first-order valence-corrected chi connectivity index (χ1v) is 9.82. The number of halogens is 1. The topological polar surface area (TPSA) is 41.3 Å². The number of allylic oxidation sites excluding steroid dienone is 3. The van der Waals surface area contributed by atoms with Crippen molar-refractivity contribution in [3.8, 4) is 5.75 Å². The van der Waals surface area contributed by atoms with Crippen LogP contribution in [0.15, 0.2) is 47.6 Å². The molecule has 2 heterocycles. The lowest BCUT2D eigenvalue weighted by Crippen LogP contribution is -2.30. The Labute approximate surface area is 164 Å². The maximum Gasteiger partial charge on any atom is 0.123 e. The smallest absolute Gasteiger partial charge is 0.123 e. The predicted octanol–water partition coefficient (Wildman–Crippen LogP) is 4.95. The lowest BCUT2D eigenvalue weighted by Gasteiger charge is -2.29. The van der Waals surface area contributed by atoms with Gasteiger partial charge in [-0.25, -0.2) is 4.68 Å². The molecular weight excluding hydrogens is 390 g/mol. The van der Waals surface area contributed by atoms with Crippen molar-refractivity contribution in [3.63, 3.8) is 0 Å². The van der Waals surface area contributed by atoms with Crippen LogP contribution < -0.4 is 0 Å². The standard InChI is InChI=1S/C21H26BrN3O/c1-15(19-6-4-5-7-21(19)26)12-18(25-16(2)20(22)14-23-25)13-17-8-10-24(3)11-9-17/h4-7,12,14,17,26H,1,8-11,13H2,2-3H3/b18-12-. The molecule has 5 heteroatoms. The fraction of sp³-hybridized carbons (Fsp3) is 0.381. The molecule has 1 aliphatic rings. The highest BCUT2D eigenvalue weighted by Gasteiger charge is 2.20. The van der Waals surface area contributed by atoms with Gasteiger partial charge in [-0.15, -0.1) is 0 Å². The Kier molecular flexibility index (Phi) is 5.99. The third-order valence-electron chi connectivity index (χ3n) is 5.15. The molecule has 1 aliphatic heterocycles. The molecule has 2 aromatic rings. The lowest BCUT2D eigenvalue weighted by molar-refractivity contribution is 0.221. The molecule has 0 spiro atoms. The van der Waals surface area contributed by atoms with Crippen LogP contribution in [0.5, 0.6) is 5.75 Å². The van der Waals surface area contributed by atoms with Gasteiger partial charge in [0.05, 0.1) is 16.4 Å². The predicted molar refractivity (Wildman–Crippen MR) is 111 cm³/mol. The molecule has 0 radical (unpaired) electrons. The zero-order valence-electron chi connectivity index (χ0n) is 15.5. The monoisotopic (exact) mass is 415 g/mol. The summed E-state index contributed by atoms with van der Waals surface area (Å²) >= 11 is 3.56. The summed E-state index contributed by atoms with van der Waals surface area (Å²) in [5.41, 5.74) is 3.76. The molecule has 26 heavy (non-hydrogen) atoms. The van der Waals surface area contributed by atoms with Crippen LogP contribution in [0.1, 0.15) is 30.5 Å². The van der Waals surface area contributed by atoms with Gasteiger partial charge in [0.2, 0.25) is 0 Å². The molecule has 0 amide bonds. The summed E-state index contributed by atoms with van der Waals surface area (Å²) in [5.74, 6) is 0.891. The van der Waals surface area contributed by atoms with E-state index in [0.29, 0.717) is 5.92 Å². The Morgan fingerprint density at radius 2 is 2.04 bits per heavy atom. The van der Waals surface area contributed by atoms with Crippen LogP contribution in [0.4, 0.5) is 0 Å². The zero-order chi connectivity index (χ0) is 18.7. The van der Waals surface area contributed by atoms with Gasteiger partial charge in [0.25, 0.3) is 0 Å². The van der Waals surface area contributed by atoms with Crippen LogP contribution >= 0.6 is 15.9 Å². The number of phenolic OH excluding ortho intramolecular Hbond substituents is 1. The minimum Gasteiger partial charge on any atom is -0.507 e. The van der Waals surface area contributed by atoms with Crippen LogP contribution in [0, 0.1) is 12.8 Å². The third-order valence-corrected chi connectivity index (χ3v) is 5.93. The van der Waals surface area contributed by atoms with Crippen molar-refractivity contribution in [2.75, 3.05) is 20.1 Å². The molecule has 1 N–H and O–H groups in total. The van der Waals surface area contributed by atoms with Gasteiger partial charge in [-0.2, -0.15) is 5.10 Å². The van der Waals surface area contributed by atoms with E-state index >= 15 is 0 Å². The van der Waals surface area contributed by atoms with Gasteiger partial charge in [0, 0.05) is 11.3 Å². The van der Waals surface area contributed by atoms with E-state index in [0.717, 1.165) is 46.5 Å². The molecule has 1 saturated heterocycles. The maximum atomic E-state index is 10.1. The molecule has 3 rings (SSSR count). The highest BCUT2D eigenvalue weighted by atomic mass is 79.9. The number of benzene rings is 1. The Morgan fingerprint density at radius 3 is 2.65 bits per heavy atom. The molecular formula is C21H26BrN3O. The molecule has 0 aliphatic carbocycles. The molecule has 1 aromatic carbocycles. The van der Waals surface area contributed by atoms with Crippen LogP contribution in [0.3, 0.4) is 0 Å². The first kappa shape index (κ1) is 18.9. The molecule has 0 saturated carbocycles. The fourth-order valence-electron chi connectivity index (χ4n) is 3.47. The van der Waals surface area contributed by atoms with Crippen LogP contribution in [0.2, 0.25) is 0 Å². The van der Waals surface area contributed by atoms with Crippen molar-refractivity contribution >= 4 is 27.2 Å². The Morgan fingerprint density at radius 1 is 1.35 bits per heavy atom. The van der Waals surface area contributed by atoms with Gasteiger partial charge in [0.15, 0.2) is 0 Å². The summed E-state index contributed by atoms with van der Waals surface area (Å²) in [6, 6.07) is 7.33. The number of aromatic hydroxyl groups is 1. The normalized spacial score (nSPS) is 16.8. The summed E-state index contributed by atoms with van der Waals surface area (Å²) in [7, 11) is 2.18. The minimum absolute atomic E-state index is 0.255. The second kappa shape index (κ2) is 8.23. The summed E-state index contributed by atoms with van der Waals surface area (Å²) in [6.07, 6.45) is 7.24. The Bertz CT molecular complexity index is 816. The van der Waals surface area contributed by atoms with E-state index in [2.05, 4.69) is 52.6 Å². The SMILES string of the molecule is C=C(/C=C(/CC1CCN(C)CC1)n1ncc(Br)c1C)c1ccccc1O. The van der Waals surface area contributed by atoms with E-state index < -0.39 is 0 Å². The molecule has 138 valence electrons. The molecule has 0 unspecified atom stereocenters. The van der Waals surface area contributed by atoms with Gasteiger partial charge in [-0.1, -0.05) is 24.8 Å². The number of nitrogens with zero attached hydrogens (tertiary/aromatic N) is 3. The van der Waals surface area contributed by atoms with Crippen LogP contribution in [-0.2, 0) is 0 Å². The number of para-hydroxylation sites is 1. The third kappa shape index (κ3) is 4.27. The summed E-state index contributed by atoms with van der Waals surface area (Å²) in [4.78, 5) is 2.39. The second-order valence-corrected chi connectivity index (χ2v) is 7.97. The number of phenols is 1. The van der Waals surface area contributed by atoms with Crippen molar-refractivity contribution in [1.29, 1.82) is 0 Å². The van der Waals surface area contributed by atoms with E-state index in [9.17, 15) is 5.11 Å². The van der Waals surface area contributed by atoms with E-state index in [1.807, 2.05) is 29.1 Å². The molecule has 0 bridgehead atoms. The number of hydrogen-bond donors (Lipinski definition) is 1. The number of likely N-dealkylation sites (tertiary alicyclic amines) is 1. The number of hydrogen-bond acceptors (Lipinski definition) is 3. The van der Waals surface area contributed by atoms with Crippen molar-refractivity contribution in [2.24, 2.45) is 5.92 Å². The fourth-order valence-corrected chi connectivity index (χ4v) is 3.73. The van der Waals surface area contributed by atoms with E-state index in [1.54, 1.807) is 6.07 Å². The molecule has 0 atom stereocenters. The Hall–Kier alpha value is -1.85. The molecule has 4 nitrogen and oxygen atoms in total. The van der Waals surface area contributed by atoms with Gasteiger partial charge in [-0.05, 0) is 85.9 Å². The first-order valence-electron chi connectivity index (χ1n) is 9.02. The van der Waals surface area contributed by atoms with Crippen LogP contribution in [-0.4, -0.2) is 39.9 Å². The second-order valence-electron chi connectivity index (χ2n) is 7.12. The van der Waals surface area contributed by atoms with Crippen molar-refractivity contribution in [3.05, 3.63) is 58.8 Å². The molecule has 1 aromatic heterocycles. The average Bonchev–Trinajstić information content (AvgIpc) is 2.95. The first-order chi connectivity index (χ1) is 12.5. The van der Waals surface area contributed by atoms with Gasteiger partial charge >= 0.3 is 0 Å². The molecule has 1 fully saturated rings. The summed E-state index contributed by atoms with van der Waals surface area (Å²) in [6.45, 7) is 8.53. The van der Waals surface area contributed by atoms with Crippen molar-refractivity contribution in [1.82, 2.24) is 14.7 Å². The highest BCUT2D eigenvalue weighted by molar-refractivity contribution is 9.10.